The van der Waals surface area contributed by atoms with E-state index in [2.05, 4.69) is 0 Å². The van der Waals surface area contributed by atoms with Crippen molar-refractivity contribution in [1.29, 1.82) is 0 Å². The van der Waals surface area contributed by atoms with E-state index in [4.69, 9.17) is 52.1 Å². The van der Waals surface area contributed by atoms with Gasteiger partial charge in [0.15, 0.2) is 37.7 Å². The molecule has 0 amide bonds. The van der Waals surface area contributed by atoms with E-state index in [0.29, 0.717) is 0 Å². The lowest BCUT2D eigenvalue weighted by molar-refractivity contribution is -0.365. The summed E-state index contributed by atoms with van der Waals surface area (Å²) in [5.41, 5.74) is 0. The fourth-order valence-electron chi connectivity index (χ4n) is 6.69. The maximum Gasteiger partial charge on any atom is 0.186 e. The van der Waals surface area contributed by atoms with Crippen molar-refractivity contribution < 1.29 is 124 Å². The first-order valence-electron chi connectivity index (χ1n) is 17.6. The first-order valence-corrected chi connectivity index (χ1v) is 17.6. The van der Waals surface area contributed by atoms with E-state index in [1.54, 1.807) is 0 Å². The van der Waals surface area contributed by atoms with Crippen molar-refractivity contribution in [1.82, 2.24) is 0 Å². The number of aliphatic hydroxyl groups excluding tert-OH is 14. The maximum atomic E-state index is 10.8. The number of hydrogen-bond donors (Lipinski definition) is 14. The van der Waals surface area contributed by atoms with Crippen molar-refractivity contribution in [2.75, 3.05) is 39.6 Å². The molecule has 25 heteroatoms. The van der Waals surface area contributed by atoms with Gasteiger partial charge in [-0.25, -0.2) is 0 Å². The summed E-state index contributed by atoms with van der Waals surface area (Å²) < 4.78 is 59.4. The summed E-state index contributed by atoms with van der Waals surface area (Å²) in [6.07, 6.45) is -37.9. The first-order chi connectivity index (χ1) is 26.1. The Kier molecular flexibility index (Phi) is 14.7. The van der Waals surface area contributed by atoms with Crippen LogP contribution in [0.15, 0.2) is 0 Å². The van der Waals surface area contributed by atoms with E-state index in [-0.39, 0.29) is 13.2 Å². The second-order valence-corrected chi connectivity index (χ2v) is 14.1. The molecule has 6 fully saturated rings. The lowest BCUT2D eigenvalue weighted by Gasteiger charge is -2.45. The zero-order valence-corrected chi connectivity index (χ0v) is 28.9. The van der Waals surface area contributed by atoms with Crippen molar-refractivity contribution in [3.05, 3.63) is 0 Å². The highest BCUT2D eigenvalue weighted by atomic mass is 16.8. The zero-order chi connectivity index (χ0) is 39.9. The van der Waals surface area contributed by atoms with Crippen LogP contribution in [0.25, 0.3) is 0 Å². The summed E-state index contributed by atoms with van der Waals surface area (Å²) in [7, 11) is 0. The third kappa shape index (κ3) is 9.42. The van der Waals surface area contributed by atoms with Gasteiger partial charge in [-0.2, -0.15) is 0 Å². The predicted octanol–water partition coefficient (Wildman–Crippen LogP) is -10.3. The molecule has 0 spiro atoms. The molecule has 6 rings (SSSR count). The minimum Gasteiger partial charge on any atom is -0.388 e. The quantitative estimate of drug-likeness (QED) is 0.0974. The molecule has 0 bridgehead atoms. The van der Waals surface area contributed by atoms with Gasteiger partial charge in [0.05, 0.1) is 39.6 Å². The third-order valence-corrected chi connectivity index (χ3v) is 10.2. The van der Waals surface area contributed by atoms with E-state index in [0.717, 1.165) is 0 Å². The van der Waals surface area contributed by atoms with Gasteiger partial charge in [-0.15, -0.1) is 0 Å². The number of rotatable bonds is 10. The van der Waals surface area contributed by atoms with Gasteiger partial charge in [0.25, 0.3) is 0 Å². The van der Waals surface area contributed by atoms with Crippen LogP contribution in [0.3, 0.4) is 0 Å². The molecule has 0 radical (unpaired) electrons. The molecule has 6 heterocycles. The van der Waals surface area contributed by atoms with Gasteiger partial charge >= 0.3 is 0 Å². The summed E-state index contributed by atoms with van der Waals surface area (Å²) in [6, 6.07) is 0. The highest BCUT2D eigenvalue weighted by Crippen LogP contribution is 2.31. The Morgan fingerprint density at radius 1 is 0.255 bits per heavy atom. The fraction of sp³-hybridized carbons (Fsp3) is 1.00. The van der Waals surface area contributed by atoms with Gasteiger partial charge in [-0.05, 0) is 0 Å². The van der Waals surface area contributed by atoms with Crippen LogP contribution < -0.4 is 0 Å². The second kappa shape index (κ2) is 18.5. The van der Waals surface area contributed by atoms with E-state index in [1.807, 2.05) is 0 Å². The molecule has 0 saturated carbocycles. The Balaban J connectivity index is 0.936. The largest absolute Gasteiger partial charge is 0.388 e. The van der Waals surface area contributed by atoms with Crippen LogP contribution in [0.4, 0.5) is 0 Å². The molecule has 0 aliphatic carbocycles. The van der Waals surface area contributed by atoms with Crippen molar-refractivity contribution in [2.45, 2.75) is 148 Å². The number of hydrogen-bond acceptors (Lipinski definition) is 25. The normalized spacial score (nSPS) is 54.2. The average Bonchev–Trinajstić information content (AvgIpc) is 3.16. The van der Waals surface area contributed by atoms with Crippen molar-refractivity contribution in [3.8, 4) is 0 Å². The Bertz CT molecular complexity index is 1120. The Morgan fingerprint density at radius 2 is 0.491 bits per heavy atom. The Hall–Kier alpha value is -1.00. The van der Waals surface area contributed by atoms with Crippen LogP contribution in [0, 0.1) is 0 Å². The topological polar surface area (TPSA) is 385 Å². The molecule has 55 heavy (non-hydrogen) atoms. The Labute approximate surface area is 311 Å². The molecule has 0 aromatic rings. The highest BCUT2D eigenvalue weighted by molar-refractivity contribution is 4.93. The van der Waals surface area contributed by atoms with Gasteiger partial charge in [0.1, 0.15) is 110 Å². The van der Waals surface area contributed by atoms with Crippen molar-refractivity contribution >= 4 is 0 Å². The van der Waals surface area contributed by atoms with Crippen LogP contribution in [-0.4, -0.2) is 259 Å². The molecule has 320 valence electrons. The standard InChI is InChI=1S/C30H50O25/c31-7-1-46-26(20(39)13(7)32)52-9-3-48-28(22(41)15(9)34)54-11-5-50-30(24(43)17(11)36)55-12-6-49-29(23(42)18(12)37)53-10-4-47-27(21(40)16(10)35)51-8-2-45-25(44)19(38)14(8)33/h7-44H,1-6H2/t7-,8-,9-,10-,11-,12-,13+,14+,15+,16+,17+,18+,19-,20-,21-,22-,23-,24-,25+,26-,27-,28-,29-,30-/m1/s1. The summed E-state index contributed by atoms with van der Waals surface area (Å²) in [4.78, 5) is 0. The molecule has 6 aliphatic rings. The molecule has 24 atom stereocenters. The first kappa shape index (κ1) is 43.6. The lowest BCUT2D eigenvalue weighted by Crippen LogP contribution is -2.63. The molecule has 6 aliphatic heterocycles. The van der Waals surface area contributed by atoms with E-state index in [1.165, 1.54) is 0 Å². The zero-order valence-electron chi connectivity index (χ0n) is 28.9. The lowest BCUT2D eigenvalue weighted by atomic mass is 10.0. The molecular formula is C30H50O25. The average molecular weight is 811 g/mol. The predicted molar refractivity (Wildman–Crippen MR) is 163 cm³/mol. The van der Waals surface area contributed by atoms with Crippen LogP contribution in [0.2, 0.25) is 0 Å². The monoisotopic (exact) mass is 810 g/mol. The van der Waals surface area contributed by atoms with Gasteiger partial charge in [0.2, 0.25) is 0 Å². The SMILES string of the molecule is O[C@@H]1[C@@H](O)[C@@H](O[C@@H]2CO[C@H](O[C@@H]3CO[C@H](O[C@@H]4CO[C@H](O[C@@H]5CO[C@H](O[C@@H]6CO[C@H](O)[C@H](O)[C@H]6O)[C@H](O)[C@H]5O)[C@H](O)[C@H]4O)[C@H](O)[C@H]3O)[C@H](O)[C@H]2O)OC[C@H]1O. The summed E-state index contributed by atoms with van der Waals surface area (Å²) in [5, 5.41) is 144. The van der Waals surface area contributed by atoms with Gasteiger partial charge in [0, 0.05) is 0 Å². The summed E-state index contributed by atoms with van der Waals surface area (Å²) >= 11 is 0. The smallest absolute Gasteiger partial charge is 0.186 e. The molecule has 6 saturated heterocycles. The fourth-order valence-corrected chi connectivity index (χ4v) is 6.69. The van der Waals surface area contributed by atoms with Gasteiger partial charge < -0.3 is 124 Å². The second-order valence-electron chi connectivity index (χ2n) is 14.1. The number of aliphatic hydroxyl groups is 14. The van der Waals surface area contributed by atoms with Crippen molar-refractivity contribution in [3.63, 3.8) is 0 Å². The molecule has 14 N–H and O–H groups in total. The highest BCUT2D eigenvalue weighted by Gasteiger charge is 2.51. The minimum atomic E-state index is -1.83. The van der Waals surface area contributed by atoms with Gasteiger partial charge in [-0.1, -0.05) is 0 Å². The summed E-state index contributed by atoms with van der Waals surface area (Å²) in [6.45, 7) is -2.52. The van der Waals surface area contributed by atoms with Crippen LogP contribution in [-0.2, 0) is 52.1 Å². The molecular weight excluding hydrogens is 760 g/mol. The molecule has 0 aromatic heterocycles. The van der Waals surface area contributed by atoms with E-state index >= 15 is 0 Å². The van der Waals surface area contributed by atoms with E-state index < -0.39 is 174 Å². The summed E-state index contributed by atoms with van der Waals surface area (Å²) in [5.74, 6) is 0. The van der Waals surface area contributed by atoms with Crippen LogP contribution in [0.5, 0.6) is 0 Å². The van der Waals surface area contributed by atoms with Crippen molar-refractivity contribution in [2.24, 2.45) is 0 Å². The van der Waals surface area contributed by atoms with Gasteiger partial charge in [-0.3, -0.25) is 0 Å². The molecule has 0 aromatic carbocycles. The third-order valence-electron chi connectivity index (χ3n) is 10.2. The van der Waals surface area contributed by atoms with Crippen LogP contribution >= 0.6 is 0 Å². The minimum absolute atomic E-state index is 0.365. The molecule has 0 unspecified atom stereocenters. The van der Waals surface area contributed by atoms with E-state index in [9.17, 15) is 71.5 Å². The number of ether oxygens (including phenoxy) is 11. The van der Waals surface area contributed by atoms with Crippen LogP contribution in [0.1, 0.15) is 0 Å². The molecule has 25 nitrogen and oxygen atoms in total. The maximum absolute atomic E-state index is 10.8. The Morgan fingerprint density at radius 3 is 0.800 bits per heavy atom.